The maximum absolute atomic E-state index is 10.4. The van der Waals surface area contributed by atoms with E-state index >= 15 is 0 Å². The first-order valence-corrected chi connectivity index (χ1v) is 5.74. The Balaban J connectivity index is 2.21. The van der Waals surface area contributed by atoms with Crippen molar-refractivity contribution in [1.82, 2.24) is 4.98 Å². The number of carbonyl (C=O) groups is 1. The quantitative estimate of drug-likeness (QED) is 0.666. The molecule has 1 aromatic carbocycles. The van der Waals surface area contributed by atoms with Crippen LogP contribution < -0.4 is 4.74 Å². The van der Waals surface area contributed by atoms with Crippen molar-refractivity contribution in [2.45, 2.75) is 0 Å². The van der Waals surface area contributed by atoms with Crippen molar-refractivity contribution >= 4 is 38.6 Å². The molecule has 4 nitrogen and oxygen atoms in total. The fourth-order valence-electron chi connectivity index (χ4n) is 1.69. The highest BCUT2D eigenvalue weighted by Gasteiger charge is 2.08. The van der Waals surface area contributed by atoms with Gasteiger partial charge >= 0.3 is 6.16 Å². The maximum Gasteiger partial charge on any atom is 0.512 e. The Morgan fingerprint density at radius 3 is 2.88 bits per heavy atom. The lowest BCUT2D eigenvalue weighted by molar-refractivity contribution is 0.146. The molecule has 0 saturated heterocycles. The highest BCUT2D eigenvalue weighted by molar-refractivity contribution is 7.20. The predicted molar refractivity (Wildman–Crippen MR) is 65.8 cm³/mol. The van der Waals surface area contributed by atoms with Crippen LogP contribution in [0.25, 0.3) is 21.1 Å². The lowest BCUT2D eigenvalue weighted by Crippen LogP contribution is -2.00. The molecule has 2 aromatic heterocycles. The molecule has 0 saturated carbocycles. The van der Waals surface area contributed by atoms with E-state index in [0.29, 0.717) is 5.06 Å². The van der Waals surface area contributed by atoms with E-state index in [4.69, 9.17) is 5.11 Å². The van der Waals surface area contributed by atoms with Crippen LogP contribution in [0.15, 0.2) is 36.4 Å². The monoisotopic (exact) mass is 245 g/mol. The summed E-state index contributed by atoms with van der Waals surface area (Å²) in [5.74, 6) is 0. The molecule has 5 heteroatoms. The van der Waals surface area contributed by atoms with Gasteiger partial charge in [-0.1, -0.05) is 29.5 Å². The molecule has 3 aromatic rings. The zero-order valence-corrected chi connectivity index (χ0v) is 9.40. The number of fused-ring (bicyclic) bond motifs is 2. The van der Waals surface area contributed by atoms with Gasteiger partial charge in [0.25, 0.3) is 0 Å². The van der Waals surface area contributed by atoms with Crippen molar-refractivity contribution in [2.75, 3.05) is 0 Å². The third-order valence-corrected chi connectivity index (χ3v) is 3.30. The van der Waals surface area contributed by atoms with E-state index in [-0.39, 0.29) is 0 Å². The second-order valence-corrected chi connectivity index (χ2v) is 4.50. The molecule has 3 rings (SSSR count). The Labute approximate surface area is 100 Å². The van der Waals surface area contributed by atoms with Gasteiger partial charge in [0.1, 0.15) is 4.83 Å². The van der Waals surface area contributed by atoms with Crippen molar-refractivity contribution in [2.24, 2.45) is 0 Å². The van der Waals surface area contributed by atoms with Gasteiger partial charge in [0.2, 0.25) is 0 Å². The van der Waals surface area contributed by atoms with E-state index in [1.807, 2.05) is 30.3 Å². The molecule has 0 bridgehead atoms. The summed E-state index contributed by atoms with van der Waals surface area (Å²) >= 11 is 1.23. The van der Waals surface area contributed by atoms with Gasteiger partial charge in [0.15, 0.2) is 5.06 Å². The number of carboxylic acid groups (broad SMARTS) is 1. The van der Waals surface area contributed by atoms with Crippen molar-refractivity contribution in [1.29, 1.82) is 0 Å². The summed E-state index contributed by atoms with van der Waals surface area (Å²) in [6, 6.07) is 11.4. The average molecular weight is 245 g/mol. The minimum atomic E-state index is -1.30. The number of ether oxygens (including phenoxy) is 1. The number of para-hydroxylation sites is 1. The molecular formula is C12H7NO3S. The molecule has 0 radical (unpaired) electrons. The number of benzene rings is 1. The number of hydrogen-bond acceptors (Lipinski definition) is 4. The molecule has 1 N–H and O–H groups in total. The van der Waals surface area contributed by atoms with Gasteiger partial charge in [-0.2, -0.15) is 0 Å². The topological polar surface area (TPSA) is 59.4 Å². The van der Waals surface area contributed by atoms with E-state index in [9.17, 15) is 4.79 Å². The minimum Gasteiger partial charge on any atom is -0.449 e. The summed E-state index contributed by atoms with van der Waals surface area (Å²) in [7, 11) is 0. The van der Waals surface area contributed by atoms with Crippen LogP contribution in [0.4, 0.5) is 4.79 Å². The second-order valence-electron chi connectivity index (χ2n) is 3.51. The van der Waals surface area contributed by atoms with E-state index in [0.717, 1.165) is 21.1 Å². The number of pyridine rings is 1. The standard InChI is InChI=1S/C12H7NO3S/c14-12(15)16-10-6-8-5-7-3-1-2-4-9(7)13-11(8)17-10/h1-6H,(H,14,15). The summed E-state index contributed by atoms with van der Waals surface area (Å²) in [4.78, 5) is 15.7. The largest absolute Gasteiger partial charge is 0.512 e. The zero-order valence-electron chi connectivity index (χ0n) is 8.58. The summed E-state index contributed by atoms with van der Waals surface area (Å²) in [5.41, 5.74) is 0.892. The zero-order chi connectivity index (χ0) is 11.8. The Morgan fingerprint density at radius 1 is 1.24 bits per heavy atom. The van der Waals surface area contributed by atoms with Crippen LogP contribution in [0.3, 0.4) is 0 Å². The van der Waals surface area contributed by atoms with E-state index in [1.165, 1.54) is 11.3 Å². The van der Waals surface area contributed by atoms with Crippen LogP contribution in [-0.4, -0.2) is 16.2 Å². The summed E-state index contributed by atoms with van der Waals surface area (Å²) < 4.78 is 4.62. The first-order chi connectivity index (χ1) is 8.22. The first kappa shape index (κ1) is 10.0. The Hall–Kier alpha value is -2.14. The number of rotatable bonds is 1. The normalized spacial score (nSPS) is 10.8. The molecular weight excluding hydrogens is 238 g/mol. The van der Waals surface area contributed by atoms with Gasteiger partial charge in [0.05, 0.1) is 5.52 Å². The van der Waals surface area contributed by atoms with Crippen LogP contribution in [0.5, 0.6) is 5.06 Å². The second kappa shape index (κ2) is 3.71. The van der Waals surface area contributed by atoms with E-state index in [1.54, 1.807) is 6.07 Å². The lowest BCUT2D eigenvalue weighted by atomic mass is 10.2. The van der Waals surface area contributed by atoms with E-state index in [2.05, 4.69) is 9.72 Å². The predicted octanol–water partition coefficient (Wildman–Crippen LogP) is 3.51. The Morgan fingerprint density at radius 2 is 2.06 bits per heavy atom. The number of aromatic nitrogens is 1. The van der Waals surface area contributed by atoms with Gasteiger partial charge in [-0.25, -0.2) is 9.78 Å². The molecule has 0 fully saturated rings. The van der Waals surface area contributed by atoms with Gasteiger partial charge in [0, 0.05) is 16.8 Å². The Bertz CT molecular complexity index is 667. The highest BCUT2D eigenvalue weighted by atomic mass is 32.1. The molecule has 17 heavy (non-hydrogen) atoms. The SMILES string of the molecule is O=C(O)Oc1cc2cc3ccccc3nc2s1. The van der Waals surface area contributed by atoms with Crippen molar-refractivity contribution in [3.8, 4) is 5.06 Å². The molecule has 0 unspecified atom stereocenters. The third-order valence-electron chi connectivity index (χ3n) is 2.38. The molecule has 2 heterocycles. The van der Waals surface area contributed by atoms with Crippen molar-refractivity contribution in [3.05, 3.63) is 36.4 Å². The molecule has 0 aliphatic heterocycles. The average Bonchev–Trinajstić information content (AvgIpc) is 2.65. The first-order valence-electron chi connectivity index (χ1n) is 4.92. The summed E-state index contributed by atoms with van der Waals surface area (Å²) in [5, 5.41) is 10.8. The molecule has 0 spiro atoms. The van der Waals surface area contributed by atoms with Crippen molar-refractivity contribution < 1.29 is 14.6 Å². The van der Waals surface area contributed by atoms with Gasteiger partial charge in [-0.3, -0.25) is 0 Å². The van der Waals surface area contributed by atoms with Crippen LogP contribution in [-0.2, 0) is 0 Å². The summed E-state index contributed by atoms with van der Waals surface area (Å²) in [6.07, 6.45) is -1.30. The van der Waals surface area contributed by atoms with Gasteiger partial charge < -0.3 is 9.84 Å². The summed E-state index contributed by atoms with van der Waals surface area (Å²) in [6.45, 7) is 0. The third kappa shape index (κ3) is 1.81. The van der Waals surface area contributed by atoms with Crippen LogP contribution in [0, 0.1) is 0 Å². The number of thiophene rings is 1. The molecule has 0 aliphatic carbocycles. The molecule has 0 amide bonds. The lowest BCUT2D eigenvalue weighted by Gasteiger charge is -1.95. The molecule has 84 valence electrons. The fourth-order valence-corrected chi connectivity index (χ4v) is 2.56. The van der Waals surface area contributed by atoms with Gasteiger partial charge in [-0.05, 0) is 12.1 Å². The highest BCUT2D eigenvalue weighted by Crippen LogP contribution is 2.32. The van der Waals surface area contributed by atoms with Crippen LogP contribution >= 0.6 is 11.3 Å². The van der Waals surface area contributed by atoms with Gasteiger partial charge in [-0.15, -0.1) is 0 Å². The Kier molecular flexibility index (Phi) is 2.19. The van der Waals surface area contributed by atoms with E-state index < -0.39 is 6.16 Å². The minimum absolute atomic E-state index is 0.343. The molecule has 0 aliphatic rings. The van der Waals surface area contributed by atoms with Crippen LogP contribution in [0.2, 0.25) is 0 Å². The smallest absolute Gasteiger partial charge is 0.449 e. The maximum atomic E-state index is 10.4. The molecule has 0 atom stereocenters. The van der Waals surface area contributed by atoms with Crippen molar-refractivity contribution in [3.63, 3.8) is 0 Å². The number of nitrogens with zero attached hydrogens (tertiary/aromatic N) is 1. The van der Waals surface area contributed by atoms with Crippen LogP contribution in [0.1, 0.15) is 0 Å². The fraction of sp³-hybridized carbons (Fsp3) is 0. The number of hydrogen-bond donors (Lipinski definition) is 1.